The smallest absolute Gasteiger partial charge is 0.465 e. The summed E-state index contributed by atoms with van der Waals surface area (Å²) in [6, 6.07) is 0. The van der Waals surface area contributed by atoms with Gasteiger partial charge in [0.1, 0.15) is 0 Å². The van der Waals surface area contributed by atoms with Gasteiger partial charge in [-0.25, -0.2) is 0 Å². The summed E-state index contributed by atoms with van der Waals surface area (Å²) < 4.78 is 9.79. The van der Waals surface area contributed by atoms with E-state index in [1.165, 1.54) is 0 Å². The van der Waals surface area contributed by atoms with E-state index in [1.54, 1.807) is 25.7 Å². The molecular formula is C18H22O4Ru+2. The molecule has 0 atom stereocenters. The summed E-state index contributed by atoms with van der Waals surface area (Å²) in [4.78, 5) is 22.1. The van der Waals surface area contributed by atoms with Crippen molar-refractivity contribution >= 4 is 11.9 Å². The third kappa shape index (κ3) is 9.44. The van der Waals surface area contributed by atoms with Crippen molar-refractivity contribution in [2.24, 2.45) is 0 Å². The quantitative estimate of drug-likeness (QED) is 0.506. The van der Waals surface area contributed by atoms with Gasteiger partial charge in [0.15, 0.2) is 0 Å². The predicted octanol–water partition coefficient (Wildman–Crippen LogP) is 2.69. The molecule has 2 aliphatic rings. The fraction of sp³-hybridized carbons (Fsp3) is 0.333. The zero-order chi connectivity index (χ0) is 16.2. The summed E-state index contributed by atoms with van der Waals surface area (Å²) in [7, 11) is 0. The third-order valence-electron chi connectivity index (χ3n) is 2.67. The van der Waals surface area contributed by atoms with Crippen molar-refractivity contribution in [1.82, 2.24) is 0 Å². The molecule has 2 rings (SSSR count). The van der Waals surface area contributed by atoms with Crippen LogP contribution in [0.3, 0.4) is 0 Å². The molecule has 2 aliphatic carbocycles. The second-order valence-electron chi connectivity index (χ2n) is 4.62. The monoisotopic (exact) mass is 404 g/mol. The Morgan fingerprint density at radius 2 is 1.04 bits per heavy atom. The van der Waals surface area contributed by atoms with Gasteiger partial charge < -0.3 is 9.47 Å². The van der Waals surface area contributed by atoms with Gasteiger partial charge in [0, 0.05) is 0 Å². The van der Waals surface area contributed by atoms with E-state index in [9.17, 15) is 9.59 Å². The number of hydrogen-bond donors (Lipinski definition) is 0. The first-order valence-corrected chi connectivity index (χ1v) is 7.46. The van der Waals surface area contributed by atoms with Crippen molar-refractivity contribution in [2.75, 3.05) is 13.2 Å². The molecule has 0 heterocycles. The Morgan fingerprint density at radius 1 is 0.739 bits per heavy atom. The van der Waals surface area contributed by atoms with Crippen molar-refractivity contribution in [1.29, 1.82) is 0 Å². The Balaban J connectivity index is 0.000000403. The SMILES string of the molecule is CCCOC(=O)[C]1[CH][CH][CH][CH]1.CCCOC(=O)[C]1[CH][CH][CH][CH]1.[Ru+2]. The summed E-state index contributed by atoms with van der Waals surface area (Å²) in [5.41, 5.74) is 0. The van der Waals surface area contributed by atoms with Crippen molar-refractivity contribution in [3.05, 3.63) is 63.2 Å². The van der Waals surface area contributed by atoms with Crippen LogP contribution in [0.15, 0.2) is 0 Å². The van der Waals surface area contributed by atoms with E-state index >= 15 is 0 Å². The minimum Gasteiger partial charge on any atom is -0.465 e. The number of esters is 2. The number of hydrogen-bond acceptors (Lipinski definition) is 4. The molecule has 0 aromatic rings. The molecule has 2 fully saturated rings. The van der Waals surface area contributed by atoms with Gasteiger partial charge in [-0.05, 0) is 64.2 Å². The summed E-state index contributed by atoms with van der Waals surface area (Å²) in [5.74, 6) is 0.825. The molecule has 0 aromatic carbocycles. The number of rotatable bonds is 6. The molecule has 0 unspecified atom stereocenters. The minimum absolute atomic E-state index is 0. The maximum Gasteiger partial charge on any atom is 2.00 e. The second-order valence-corrected chi connectivity index (χ2v) is 4.62. The molecule has 0 aromatic heterocycles. The summed E-state index contributed by atoms with van der Waals surface area (Å²) in [5, 5.41) is 0. The van der Waals surface area contributed by atoms with Crippen molar-refractivity contribution in [3.63, 3.8) is 0 Å². The number of carbonyl (C=O) groups is 2. The molecule has 23 heavy (non-hydrogen) atoms. The molecule has 0 amide bonds. The Bertz CT molecular complexity index is 289. The fourth-order valence-electron chi connectivity index (χ4n) is 1.58. The first kappa shape index (κ1) is 22.6. The van der Waals surface area contributed by atoms with Crippen molar-refractivity contribution in [2.45, 2.75) is 26.7 Å². The van der Waals surface area contributed by atoms with Gasteiger partial charge in [0.25, 0.3) is 0 Å². The van der Waals surface area contributed by atoms with E-state index in [2.05, 4.69) is 0 Å². The van der Waals surface area contributed by atoms with Crippen LogP contribution >= 0.6 is 0 Å². The molecule has 4 nitrogen and oxygen atoms in total. The molecule has 0 bridgehead atoms. The van der Waals surface area contributed by atoms with Gasteiger partial charge in [0.2, 0.25) is 0 Å². The first-order valence-electron chi connectivity index (χ1n) is 7.46. The number of ether oxygens (including phenoxy) is 2. The van der Waals surface area contributed by atoms with Gasteiger partial charge >= 0.3 is 31.4 Å². The van der Waals surface area contributed by atoms with E-state index in [1.807, 2.05) is 39.5 Å². The molecule has 124 valence electrons. The molecule has 0 saturated heterocycles. The first-order chi connectivity index (χ1) is 10.7. The maximum absolute atomic E-state index is 11.0. The Kier molecular flexibility index (Phi) is 13.7. The van der Waals surface area contributed by atoms with E-state index in [4.69, 9.17) is 9.47 Å². The zero-order valence-corrected chi connectivity index (χ0v) is 15.2. The average Bonchev–Trinajstić information content (AvgIpc) is 3.23. The van der Waals surface area contributed by atoms with Gasteiger partial charge in [0.05, 0.1) is 25.0 Å². The van der Waals surface area contributed by atoms with E-state index < -0.39 is 0 Å². The van der Waals surface area contributed by atoms with Crippen molar-refractivity contribution < 1.29 is 38.5 Å². The van der Waals surface area contributed by atoms with E-state index in [0.29, 0.717) is 25.0 Å². The van der Waals surface area contributed by atoms with Gasteiger partial charge in [-0.1, -0.05) is 13.8 Å². The van der Waals surface area contributed by atoms with Crippen LogP contribution < -0.4 is 0 Å². The minimum atomic E-state index is -0.225. The van der Waals surface area contributed by atoms with Crippen LogP contribution in [0.4, 0.5) is 0 Å². The molecule has 0 N–H and O–H groups in total. The molecule has 5 heteroatoms. The van der Waals surface area contributed by atoms with Crippen LogP contribution in [0.2, 0.25) is 0 Å². The average molecular weight is 403 g/mol. The van der Waals surface area contributed by atoms with Crippen LogP contribution in [0.25, 0.3) is 0 Å². The summed E-state index contributed by atoms with van der Waals surface area (Å²) in [6.07, 6.45) is 16.0. The summed E-state index contributed by atoms with van der Waals surface area (Å²) >= 11 is 0. The van der Waals surface area contributed by atoms with Gasteiger partial charge in [-0.2, -0.15) is 0 Å². The third-order valence-corrected chi connectivity index (χ3v) is 2.67. The van der Waals surface area contributed by atoms with Crippen LogP contribution in [0.1, 0.15) is 26.7 Å². The molecule has 10 radical (unpaired) electrons. The zero-order valence-electron chi connectivity index (χ0n) is 13.4. The fourth-order valence-corrected chi connectivity index (χ4v) is 1.58. The largest absolute Gasteiger partial charge is 2.00 e. The van der Waals surface area contributed by atoms with Crippen LogP contribution in [-0.2, 0) is 38.5 Å². The molecule has 0 aliphatic heterocycles. The predicted molar refractivity (Wildman–Crippen MR) is 83.4 cm³/mol. The summed E-state index contributed by atoms with van der Waals surface area (Å²) in [6.45, 7) is 4.95. The van der Waals surface area contributed by atoms with Gasteiger partial charge in [-0.15, -0.1) is 0 Å². The van der Waals surface area contributed by atoms with Crippen LogP contribution in [-0.4, -0.2) is 25.2 Å². The second kappa shape index (κ2) is 14.0. The van der Waals surface area contributed by atoms with Crippen LogP contribution in [0.5, 0.6) is 0 Å². The maximum atomic E-state index is 11.0. The van der Waals surface area contributed by atoms with Crippen LogP contribution in [0, 0.1) is 63.2 Å². The number of carbonyl (C=O) groups excluding carboxylic acids is 2. The Labute approximate surface area is 153 Å². The molecule has 2 saturated carbocycles. The van der Waals surface area contributed by atoms with Gasteiger partial charge in [-0.3, -0.25) is 9.59 Å². The molecular weight excluding hydrogens is 381 g/mol. The topological polar surface area (TPSA) is 52.6 Å². The van der Waals surface area contributed by atoms with E-state index in [-0.39, 0.29) is 31.4 Å². The van der Waals surface area contributed by atoms with Crippen molar-refractivity contribution in [3.8, 4) is 0 Å². The Morgan fingerprint density at radius 3 is 1.30 bits per heavy atom. The normalized spacial score (nSPS) is 17.8. The van der Waals surface area contributed by atoms with E-state index in [0.717, 1.165) is 12.8 Å². The Hall–Kier alpha value is -0.437. The standard InChI is InChI=1S/2C9H11O2.Ru/c2*1-2-7-11-9(10)8-5-3-4-6-8;/h2*3-6H,2,7H2,1H3;/q;;+2. The molecule has 0 spiro atoms.